The topological polar surface area (TPSA) is 68.1 Å². The fourth-order valence-electron chi connectivity index (χ4n) is 1.68. The van der Waals surface area contributed by atoms with Gasteiger partial charge < -0.3 is 15.5 Å². The van der Waals surface area contributed by atoms with E-state index in [-0.39, 0.29) is 18.0 Å². The molecule has 0 radical (unpaired) electrons. The van der Waals surface area contributed by atoms with Crippen molar-refractivity contribution in [2.24, 2.45) is 0 Å². The van der Waals surface area contributed by atoms with Crippen LogP contribution in [0.2, 0.25) is 10.0 Å². The molecule has 1 heterocycles. The normalized spacial score (nSPS) is 10.8. The Morgan fingerprint density at radius 1 is 1.47 bits per heavy atom. The first-order valence-electron chi connectivity index (χ1n) is 4.98. The summed E-state index contributed by atoms with van der Waals surface area (Å²) in [5.74, 6) is -0.275. The van der Waals surface area contributed by atoms with E-state index in [0.29, 0.717) is 20.9 Å². The van der Waals surface area contributed by atoms with Gasteiger partial charge in [0.05, 0.1) is 17.1 Å². The number of nitrogens with two attached hydrogens (primary N) is 1. The number of ether oxygens (including phenoxy) is 1. The van der Waals surface area contributed by atoms with Crippen LogP contribution in [0, 0.1) is 0 Å². The molecule has 0 amide bonds. The van der Waals surface area contributed by atoms with Gasteiger partial charge in [0.15, 0.2) is 0 Å². The molecule has 0 aliphatic rings. The third-order valence-electron chi connectivity index (χ3n) is 2.32. The number of fused-ring (bicyclic) bond motifs is 1. The Morgan fingerprint density at radius 2 is 2.18 bits per heavy atom. The zero-order valence-electron chi connectivity index (χ0n) is 9.01. The van der Waals surface area contributed by atoms with E-state index in [9.17, 15) is 4.79 Å². The minimum atomic E-state index is -0.500. The molecular formula is C11H10Cl2N2O2. The highest BCUT2D eigenvalue weighted by Gasteiger charge is 2.20. The molecule has 0 bridgehead atoms. The van der Waals surface area contributed by atoms with Crippen molar-refractivity contribution in [1.82, 2.24) is 4.98 Å². The van der Waals surface area contributed by atoms with Crippen molar-refractivity contribution in [1.29, 1.82) is 0 Å². The van der Waals surface area contributed by atoms with E-state index in [1.807, 2.05) is 0 Å². The van der Waals surface area contributed by atoms with E-state index < -0.39 is 5.97 Å². The molecule has 2 rings (SSSR count). The minimum absolute atomic E-state index is 0.225. The van der Waals surface area contributed by atoms with Gasteiger partial charge in [0.25, 0.3) is 0 Å². The molecule has 0 unspecified atom stereocenters. The maximum Gasteiger partial charge on any atom is 0.342 e. The molecule has 17 heavy (non-hydrogen) atoms. The van der Waals surface area contributed by atoms with Crippen LogP contribution in [-0.2, 0) is 4.74 Å². The maximum atomic E-state index is 11.8. The number of esters is 1. The van der Waals surface area contributed by atoms with Gasteiger partial charge in [0, 0.05) is 10.4 Å². The summed E-state index contributed by atoms with van der Waals surface area (Å²) in [5.41, 5.74) is 6.61. The van der Waals surface area contributed by atoms with E-state index in [1.54, 1.807) is 19.1 Å². The van der Waals surface area contributed by atoms with Crippen molar-refractivity contribution in [3.05, 3.63) is 27.7 Å². The van der Waals surface area contributed by atoms with Gasteiger partial charge in [-0.15, -0.1) is 0 Å². The van der Waals surface area contributed by atoms with Crippen LogP contribution in [0.5, 0.6) is 0 Å². The van der Waals surface area contributed by atoms with Crippen LogP contribution < -0.4 is 5.73 Å². The van der Waals surface area contributed by atoms with Crippen molar-refractivity contribution < 1.29 is 9.53 Å². The number of benzene rings is 1. The van der Waals surface area contributed by atoms with E-state index in [0.717, 1.165) is 0 Å². The summed E-state index contributed by atoms with van der Waals surface area (Å²) in [6.45, 7) is 2.00. The Balaban J connectivity index is 2.71. The predicted octanol–water partition coefficient (Wildman–Crippen LogP) is 3.23. The van der Waals surface area contributed by atoms with Gasteiger partial charge in [0.1, 0.15) is 11.4 Å². The number of aromatic amines is 1. The van der Waals surface area contributed by atoms with Crippen LogP contribution in [0.25, 0.3) is 10.9 Å². The summed E-state index contributed by atoms with van der Waals surface area (Å²) < 4.78 is 4.93. The number of nitrogen functional groups attached to an aromatic ring is 1. The molecule has 0 spiro atoms. The Labute approximate surface area is 108 Å². The van der Waals surface area contributed by atoms with Crippen LogP contribution >= 0.6 is 23.2 Å². The molecule has 0 fully saturated rings. The van der Waals surface area contributed by atoms with Gasteiger partial charge in [-0.05, 0) is 19.1 Å². The molecule has 0 aliphatic heterocycles. The lowest BCUT2D eigenvalue weighted by Gasteiger charge is -2.02. The van der Waals surface area contributed by atoms with Crippen LogP contribution in [0.4, 0.5) is 5.82 Å². The van der Waals surface area contributed by atoms with Crippen LogP contribution in [-0.4, -0.2) is 17.6 Å². The largest absolute Gasteiger partial charge is 0.462 e. The summed E-state index contributed by atoms with van der Waals surface area (Å²) >= 11 is 11.9. The first kappa shape index (κ1) is 12.1. The smallest absolute Gasteiger partial charge is 0.342 e. The number of carbonyl (C=O) groups excluding carboxylic acids is 1. The van der Waals surface area contributed by atoms with Gasteiger partial charge in [-0.2, -0.15) is 0 Å². The second kappa shape index (κ2) is 4.47. The van der Waals surface area contributed by atoms with Gasteiger partial charge in [-0.1, -0.05) is 23.2 Å². The fourth-order valence-corrected chi connectivity index (χ4v) is 2.27. The number of hydrogen-bond acceptors (Lipinski definition) is 3. The van der Waals surface area contributed by atoms with Gasteiger partial charge >= 0.3 is 5.97 Å². The third kappa shape index (κ3) is 2.06. The average Bonchev–Trinajstić information content (AvgIpc) is 2.54. The third-order valence-corrected chi connectivity index (χ3v) is 2.84. The maximum absolute atomic E-state index is 11.8. The molecule has 3 N–H and O–H groups in total. The molecule has 0 atom stereocenters. The number of hydrogen-bond donors (Lipinski definition) is 2. The first-order chi connectivity index (χ1) is 8.04. The molecule has 4 nitrogen and oxygen atoms in total. The number of aromatic nitrogens is 1. The number of H-pyrrole nitrogens is 1. The number of carbonyl (C=O) groups is 1. The Hall–Kier alpha value is -1.39. The zero-order valence-corrected chi connectivity index (χ0v) is 10.5. The number of nitrogens with one attached hydrogen (secondary N) is 1. The minimum Gasteiger partial charge on any atom is -0.462 e. The Kier molecular flexibility index (Phi) is 3.17. The Morgan fingerprint density at radius 3 is 2.82 bits per heavy atom. The predicted molar refractivity (Wildman–Crippen MR) is 68.7 cm³/mol. The molecule has 1 aromatic carbocycles. The molecule has 2 aromatic rings. The number of halogens is 2. The molecule has 1 aromatic heterocycles. The summed E-state index contributed by atoms with van der Waals surface area (Å²) in [6, 6.07) is 3.21. The standard InChI is InChI=1S/C11H10Cl2N2O2/c1-2-17-11(16)9-8-6(13)3-5(12)4-7(8)15-10(9)14/h3-4,15H,2,14H2,1H3. The van der Waals surface area contributed by atoms with Crippen molar-refractivity contribution in [3.63, 3.8) is 0 Å². The summed E-state index contributed by atoms with van der Waals surface area (Å²) in [4.78, 5) is 14.6. The molecule has 0 saturated heterocycles. The molecule has 0 aliphatic carbocycles. The SMILES string of the molecule is CCOC(=O)c1c(N)[nH]c2cc(Cl)cc(Cl)c12. The van der Waals surface area contributed by atoms with E-state index >= 15 is 0 Å². The highest BCUT2D eigenvalue weighted by atomic mass is 35.5. The van der Waals surface area contributed by atoms with E-state index in [2.05, 4.69) is 4.98 Å². The van der Waals surface area contributed by atoms with Crippen LogP contribution in [0.15, 0.2) is 12.1 Å². The zero-order chi connectivity index (χ0) is 12.6. The van der Waals surface area contributed by atoms with Crippen molar-refractivity contribution in [2.75, 3.05) is 12.3 Å². The number of anilines is 1. The van der Waals surface area contributed by atoms with Crippen molar-refractivity contribution >= 4 is 45.9 Å². The highest BCUT2D eigenvalue weighted by molar-refractivity contribution is 6.40. The fraction of sp³-hybridized carbons (Fsp3) is 0.182. The van der Waals surface area contributed by atoms with Crippen molar-refractivity contribution in [3.8, 4) is 0 Å². The second-order valence-electron chi connectivity index (χ2n) is 3.44. The highest BCUT2D eigenvalue weighted by Crippen LogP contribution is 2.33. The number of rotatable bonds is 2. The van der Waals surface area contributed by atoms with Crippen LogP contribution in [0.3, 0.4) is 0 Å². The monoisotopic (exact) mass is 272 g/mol. The first-order valence-corrected chi connectivity index (χ1v) is 5.73. The van der Waals surface area contributed by atoms with E-state index in [4.69, 9.17) is 33.7 Å². The van der Waals surface area contributed by atoms with Gasteiger partial charge in [-0.3, -0.25) is 0 Å². The summed E-state index contributed by atoms with van der Waals surface area (Å²) in [6.07, 6.45) is 0. The molecular weight excluding hydrogens is 263 g/mol. The van der Waals surface area contributed by atoms with Gasteiger partial charge in [-0.25, -0.2) is 4.79 Å². The quantitative estimate of drug-likeness (QED) is 0.825. The lowest BCUT2D eigenvalue weighted by Crippen LogP contribution is -2.06. The molecule has 90 valence electrons. The lowest BCUT2D eigenvalue weighted by atomic mass is 10.1. The van der Waals surface area contributed by atoms with Gasteiger partial charge in [0.2, 0.25) is 0 Å². The van der Waals surface area contributed by atoms with Crippen LogP contribution in [0.1, 0.15) is 17.3 Å². The molecule has 0 saturated carbocycles. The molecule has 6 heteroatoms. The average molecular weight is 273 g/mol. The second-order valence-corrected chi connectivity index (χ2v) is 4.29. The Bertz CT molecular complexity index is 593. The van der Waals surface area contributed by atoms with Crippen molar-refractivity contribution in [2.45, 2.75) is 6.92 Å². The summed E-state index contributed by atoms with van der Waals surface area (Å²) in [5, 5.41) is 1.37. The lowest BCUT2D eigenvalue weighted by molar-refractivity contribution is 0.0530. The van der Waals surface area contributed by atoms with E-state index in [1.165, 1.54) is 0 Å². The summed E-state index contributed by atoms with van der Waals surface area (Å²) in [7, 11) is 0.